The predicted octanol–water partition coefficient (Wildman–Crippen LogP) is 5.51. The maximum absolute atomic E-state index is 13.3. The Morgan fingerprint density at radius 2 is 1.34 bits per heavy atom. The molecule has 1 fully saturated rings. The first kappa shape index (κ1) is 20.1. The van der Waals surface area contributed by atoms with Gasteiger partial charge >= 0.3 is 0 Å². The topological polar surface area (TPSA) is 9.23 Å². The second kappa shape index (κ2) is 7.89. The Labute approximate surface area is 174 Å². The number of hydrogen-bond donors (Lipinski definition) is 0. The highest BCUT2D eigenvalue weighted by molar-refractivity contribution is 6.99. The Bertz CT molecular complexity index is 892. The highest BCUT2D eigenvalue weighted by atomic mass is 28.4. The van der Waals surface area contributed by atoms with Crippen LogP contribution in [0.1, 0.15) is 38.7 Å². The molecular formula is C26H29FOSi. The van der Waals surface area contributed by atoms with E-state index in [4.69, 9.17) is 4.43 Å². The van der Waals surface area contributed by atoms with Crippen LogP contribution in [0.4, 0.5) is 4.39 Å². The fourth-order valence-electron chi connectivity index (χ4n) is 4.54. The van der Waals surface area contributed by atoms with Crippen molar-refractivity contribution in [3.05, 3.63) is 96.3 Å². The molecule has 0 amide bonds. The molecule has 4 rings (SSSR count). The Morgan fingerprint density at radius 1 is 0.828 bits per heavy atom. The Morgan fingerprint density at radius 3 is 1.83 bits per heavy atom. The number of halogens is 1. The zero-order chi connectivity index (χ0) is 20.5. The fourth-order valence-corrected chi connectivity index (χ4v) is 9.16. The van der Waals surface area contributed by atoms with Gasteiger partial charge in [0.2, 0.25) is 0 Å². The molecule has 3 aromatic rings. The van der Waals surface area contributed by atoms with Crippen molar-refractivity contribution in [1.82, 2.24) is 0 Å². The summed E-state index contributed by atoms with van der Waals surface area (Å²) < 4.78 is 20.3. The van der Waals surface area contributed by atoms with Crippen LogP contribution in [0.5, 0.6) is 0 Å². The van der Waals surface area contributed by atoms with Gasteiger partial charge in [-0.15, -0.1) is 0 Å². The summed E-state index contributed by atoms with van der Waals surface area (Å²) in [6.07, 6.45) is 1.11. The summed E-state index contributed by atoms with van der Waals surface area (Å²) in [6.45, 7) is 7.67. The average Bonchev–Trinajstić information content (AvgIpc) is 3.49. The summed E-state index contributed by atoms with van der Waals surface area (Å²) in [5, 5.41) is 2.63. The van der Waals surface area contributed by atoms with Gasteiger partial charge in [0, 0.05) is 6.61 Å². The van der Waals surface area contributed by atoms with E-state index in [0.717, 1.165) is 13.0 Å². The van der Waals surface area contributed by atoms with Crippen molar-refractivity contribution in [3.8, 4) is 0 Å². The van der Waals surface area contributed by atoms with Gasteiger partial charge in [0.25, 0.3) is 8.32 Å². The summed E-state index contributed by atoms with van der Waals surface area (Å²) in [5.74, 6) is 0.811. The second-order valence-corrected chi connectivity index (χ2v) is 13.4. The standard InChI is InChI=1S/C26H29FOSi/c1-26(2,3)29(23-10-6-4-7-11-23,24-12-8-5-9-13-24)28-19-21-18-25(21)20-14-16-22(27)17-15-20/h4-17,21,25H,18-19H2,1-3H3/t21-,25+/m0/s1. The molecule has 0 unspecified atom stereocenters. The van der Waals surface area contributed by atoms with Gasteiger partial charge in [-0.1, -0.05) is 93.6 Å². The Hall–Kier alpha value is -2.23. The summed E-state index contributed by atoms with van der Waals surface area (Å²) >= 11 is 0. The average molecular weight is 405 g/mol. The molecule has 3 aromatic carbocycles. The molecule has 1 nitrogen and oxygen atoms in total. The van der Waals surface area contributed by atoms with Crippen molar-refractivity contribution < 1.29 is 8.82 Å². The first-order valence-corrected chi connectivity index (χ1v) is 12.3. The molecule has 0 radical (unpaired) electrons. The smallest absolute Gasteiger partial charge is 0.261 e. The molecule has 0 heterocycles. The molecule has 29 heavy (non-hydrogen) atoms. The molecule has 3 heteroatoms. The summed E-state index contributed by atoms with van der Waals surface area (Å²) in [7, 11) is -2.47. The lowest BCUT2D eigenvalue weighted by Gasteiger charge is -2.43. The third-order valence-corrected chi connectivity index (χ3v) is 11.2. The van der Waals surface area contributed by atoms with Crippen molar-refractivity contribution in [2.24, 2.45) is 5.92 Å². The van der Waals surface area contributed by atoms with E-state index in [1.165, 1.54) is 15.9 Å². The van der Waals surface area contributed by atoms with E-state index >= 15 is 0 Å². The van der Waals surface area contributed by atoms with Crippen molar-refractivity contribution in [1.29, 1.82) is 0 Å². The molecule has 1 aliphatic carbocycles. The molecule has 0 spiro atoms. The molecule has 0 saturated heterocycles. The predicted molar refractivity (Wildman–Crippen MR) is 121 cm³/mol. The summed E-state index contributed by atoms with van der Waals surface area (Å²) in [4.78, 5) is 0. The van der Waals surface area contributed by atoms with Crippen LogP contribution in [-0.4, -0.2) is 14.9 Å². The number of benzene rings is 3. The van der Waals surface area contributed by atoms with Gasteiger partial charge in [-0.3, -0.25) is 0 Å². The summed E-state index contributed by atoms with van der Waals surface area (Å²) in [5.41, 5.74) is 1.22. The van der Waals surface area contributed by atoms with Gasteiger partial charge in [-0.2, -0.15) is 0 Å². The minimum atomic E-state index is -2.47. The number of rotatable bonds is 6. The normalized spacial score (nSPS) is 19.2. The van der Waals surface area contributed by atoms with Gasteiger partial charge in [-0.05, 0) is 51.4 Å². The van der Waals surface area contributed by atoms with E-state index < -0.39 is 8.32 Å². The van der Waals surface area contributed by atoms with E-state index in [-0.39, 0.29) is 10.9 Å². The van der Waals surface area contributed by atoms with Crippen LogP contribution in [0.25, 0.3) is 0 Å². The highest BCUT2D eigenvalue weighted by Crippen LogP contribution is 2.48. The third-order valence-electron chi connectivity index (χ3n) is 6.15. The van der Waals surface area contributed by atoms with Crippen LogP contribution < -0.4 is 10.4 Å². The molecular weight excluding hydrogens is 375 g/mol. The van der Waals surface area contributed by atoms with Crippen LogP contribution >= 0.6 is 0 Å². The molecule has 0 bridgehead atoms. The Balaban J connectivity index is 1.64. The molecule has 1 aliphatic rings. The first-order chi connectivity index (χ1) is 13.9. The van der Waals surface area contributed by atoms with Gasteiger partial charge in [0.05, 0.1) is 0 Å². The number of hydrogen-bond acceptors (Lipinski definition) is 1. The lowest BCUT2D eigenvalue weighted by atomic mass is 10.1. The van der Waals surface area contributed by atoms with Gasteiger partial charge < -0.3 is 4.43 Å². The zero-order valence-electron chi connectivity index (χ0n) is 17.4. The van der Waals surface area contributed by atoms with Crippen LogP contribution in [0.15, 0.2) is 84.9 Å². The quantitative estimate of drug-likeness (QED) is 0.493. The van der Waals surface area contributed by atoms with Crippen molar-refractivity contribution in [3.63, 3.8) is 0 Å². The summed E-state index contributed by atoms with van der Waals surface area (Å²) in [6, 6.07) is 28.5. The molecule has 0 aromatic heterocycles. The third kappa shape index (κ3) is 3.94. The molecule has 2 atom stereocenters. The minimum absolute atomic E-state index is 0.00400. The molecule has 0 N–H and O–H groups in total. The lowest BCUT2D eigenvalue weighted by molar-refractivity contribution is 0.279. The van der Waals surface area contributed by atoms with Crippen LogP contribution in [0, 0.1) is 11.7 Å². The van der Waals surface area contributed by atoms with E-state index in [0.29, 0.717) is 11.8 Å². The van der Waals surface area contributed by atoms with Crippen LogP contribution in [0.2, 0.25) is 5.04 Å². The second-order valence-electron chi connectivity index (χ2n) is 9.13. The van der Waals surface area contributed by atoms with Crippen molar-refractivity contribution in [2.75, 3.05) is 6.61 Å². The monoisotopic (exact) mass is 404 g/mol. The van der Waals surface area contributed by atoms with Crippen molar-refractivity contribution >= 4 is 18.7 Å². The van der Waals surface area contributed by atoms with Gasteiger partial charge in [0.1, 0.15) is 5.82 Å². The first-order valence-electron chi connectivity index (χ1n) is 10.4. The zero-order valence-corrected chi connectivity index (χ0v) is 18.4. The fraction of sp³-hybridized carbons (Fsp3) is 0.308. The maximum atomic E-state index is 13.3. The largest absolute Gasteiger partial charge is 0.407 e. The SMILES string of the molecule is CC(C)(C)[Si](OC[C@@H]1C[C@@H]1c1ccc(F)cc1)(c1ccccc1)c1ccccc1. The van der Waals surface area contributed by atoms with E-state index in [2.05, 4.69) is 81.4 Å². The van der Waals surface area contributed by atoms with Gasteiger partial charge in [-0.25, -0.2) is 4.39 Å². The highest BCUT2D eigenvalue weighted by Gasteiger charge is 2.51. The van der Waals surface area contributed by atoms with Crippen LogP contribution in [-0.2, 0) is 4.43 Å². The molecule has 0 aliphatic heterocycles. The van der Waals surface area contributed by atoms with E-state index in [1.54, 1.807) is 12.1 Å². The van der Waals surface area contributed by atoms with Gasteiger partial charge in [0.15, 0.2) is 0 Å². The molecule has 150 valence electrons. The maximum Gasteiger partial charge on any atom is 0.261 e. The molecule has 1 saturated carbocycles. The van der Waals surface area contributed by atoms with E-state index in [1.807, 2.05) is 12.1 Å². The Kier molecular flexibility index (Phi) is 5.45. The lowest BCUT2D eigenvalue weighted by Crippen LogP contribution is -2.66. The van der Waals surface area contributed by atoms with Crippen LogP contribution in [0.3, 0.4) is 0 Å². The minimum Gasteiger partial charge on any atom is -0.407 e. The van der Waals surface area contributed by atoms with Crippen molar-refractivity contribution in [2.45, 2.75) is 38.1 Å². The van der Waals surface area contributed by atoms with E-state index in [9.17, 15) is 4.39 Å².